The molecule has 4 heterocycles. The van der Waals surface area contributed by atoms with Crippen LogP contribution in [0.4, 0.5) is 28.7 Å². The highest BCUT2D eigenvalue weighted by Gasteiger charge is 2.23. The maximum absolute atomic E-state index is 6.56. The molecular weight excluding hydrogens is 492 g/mol. The summed E-state index contributed by atoms with van der Waals surface area (Å²) in [5.41, 5.74) is 13.1. The summed E-state index contributed by atoms with van der Waals surface area (Å²) < 4.78 is 13.5. The van der Waals surface area contributed by atoms with E-state index < -0.39 is 0 Å². The maximum Gasteiger partial charge on any atom is 0.227 e. The van der Waals surface area contributed by atoms with E-state index in [1.165, 1.54) is 0 Å². The summed E-state index contributed by atoms with van der Waals surface area (Å²) in [6.45, 7) is 6.83. The Balaban J connectivity index is 1.38. The average Bonchev–Trinajstić information content (AvgIpc) is 3.30. The monoisotopic (exact) mass is 528 g/mol. The van der Waals surface area contributed by atoms with Gasteiger partial charge in [-0.2, -0.15) is 0 Å². The van der Waals surface area contributed by atoms with Gasteiger partial charge in [0, 0.05) is 75.0 Å². The van der Waals surface area contributed by atoms with E-state index in [0.717, 1.165) is 78.5 Å². The molecule has 2 fully saturated rings. The molecule has 4 aromatic rings. The second kappa shape index (κ2) is 10.6. The highest BCUT2D eigenvalue weighted by atomic mass is 16.5. The van der Waals surface area contributed by atoms with Crippen molar-refractivity contribution in [3.05, 3.63) is 48.8 Å². The van der Waals surface area contributed by atoms with E-state index in [1.54, 1.807) is 7.11 Å². The van der Waals surface area contributed by atoms with E-state index in [4.69, 9.17) is 25.2 Å². The number of ether oxygens (including phenoxy) is 2. The number of nitrogen functional groups attached to an aromatic ring is 1. The number of hydrogen-bond donors (Lipinski definition) is 2. The standard InChI is InChI=1S/C29H36N8O2/c1-34-8-10-36(11-9-34)25-17-27(38-3)23(16-22(25)30)32-29-31-18-26(37-12-14-39-15-13-37)28(33-29)21-19-35(2)24-7-5-4-6-20(21)24/h4-7,16-19H,8-15,30H2,1-3H3,(H,31,32,33). The van der Waals surface area contributed by atoms with Gasteiger partial charge in [0.15, 0.2) is 0 Å². The van der Waals surface area contributed by atoms with Crippen LogP contribution in [0.2, 0.25) is 0 Å². The number of piperazine rings is 1. The van der Waals surface area contributed by atoms with Crippen LogP contribution in [0, 0.1) is 0 Å². The van der Waals surface area contributed by atoms with E-state index in [0.29, 0.717) is 30.6 Å². The first-order valence-corrected chi connectivity index (χ1v) is 13.4. The molecule has 6 rings (SSSR count). The van der Waals surface area contributed by atoms with Crippen LogP contribution in [-0.4, -0.2) is 86.1 Å². The lowest BCUT2D eigenvalue weighted by Gasteiger charge is -2.35. The third-order valence-corrected chi connectivity index (χ3v) is 7.71. The molecule has 204 valence electrons. The molecule has 0 atom stereocenters. The molecule has 2 saturated heterocycles. The number of nitrogens with one attached hydrogen (secondary N) is 1. The Hall–Kier alpha value is -4.02. The van der Waals surface area contributed by atoms with Crippen LogP contribution in [0.25, 0.3) is 22.2 Å². The van der Waals surface area contributed by atoms with Crippen LogP contribution >= 0.6 is 0 Å². The van der Waals surface area contributed by atoms with Crippen molar-refractivity contribution in [3.63, 3.8) is 0 Å². The lowest BCUT2D eigenvalue weighted by Crippen LogP contribution is -2.44. The summed E-state index contributed by atoms with van der Waals surface area (Å²) in [5, 5.41) is 4.54. The smallest absolute Gasteiger partial charge is 0.227 e. The van der Waals surface area contributed by atoms with E-state index >= 15 is 0 Å². The molecule has 3 N–H and O–H groups in total. The molecular formula is C29H36N8O2. The van der Waals surface area contributed by atoms with Crippen molar-refractivity contribution in [2.75, 3.05) is 87.5 Å². The zero-order chi connectivity index (χ0) is 26.9. The molecule has 2 aliphatic heterocycles. The number of para-hydroxylation sites is 1. The summed E-state index contributed by atoms with van der Waals surface area (Å²) in [6, 6.07) is 12.3. The Bertz CT molecular complexity index is 1470. The van der Waals surface area contributed by atoms with Crippen molar-refractivity contribution in [1.82, 2.24) is 19.4 Å². The fourth-order valence-corrected chi connectivity index (χ4v) is 5.49. The number of fused-ring (bicyclic) bond motifs is 1. The topological polar surface area (TPSA) is 96.9 Å². The fourth-order valence-electron chi connectivity index (χ4n) is 5.49. The molecule has 0 unspecified atom stereocenters. The van der Waals surface area contributed by atoms with Crippen LogP contribution in [0.5, 0.6) is 5.75 Å². The van der Waals surface area contributed by atoms with Crippen molar-refractivity contribution in [1.29, 1.82) is 0 Å². The van der Waals surface area contributed by atoms with Crippen LogP contribution in [-0.2, 0) is 11.8 Å². The van der Waals surface area contributed by atoms with Crippen molar-refractivity contribution in [2.45, 2.75) is 0 Å². The quantitative estimate of drug-likeness (QED) is 0.364. The van der Waals surface area contributed by atoms with Gasteiger partial charge in [0.05, 0.1) is 49.3 Å². The predicted octanol–water partition coefficient (Wildman–Crippen LogP) is 3.56. The first kappa shape index (κ1) is 25.3. The Morgan fingerprint density at radius 3 is 2.46 bits per heavy atom. The number of benzene rings is 2. The predicted molar refractivity (Wildman–Crippen MR) is 157 cm³/mol. The Morgan fingerprint density at radius 2 is 1.69 bits per heavy atom. The molecule has 2 aromatic heterocycles. The average molecular weight is 529 g/mol. The number of likely N-dealkylation sites (N-methyl/N-ethyl adjacent to an activating group) is 1. The lowest BCUT2D eigenvalue weighted by molar-refractivity contribution is 0.122. The van der Waals surface area contributed by atoms with Gasteiger partial charge >= 0.3 is 0 Å². The molecule has 39 heavy (non-hydrogen) atoms. The number of nitrogens with two attached hydrogens (primary N) is 1. The summed E-state index contributed by atoms with van der Waals surface area (Å²) in [6.07, 6.45) is 4.05. The summed E-state index contributed by atoms with van der Waals surface area (Å²) in [4.78, 5) is 16.7. The van der Waals surface area contributed by atoms with Gasteiger partial charge in [0.25, 0.3) is 0 Å². The molecule has 2 aromatic carbocycles. The van der Waals surface area contributed by atoms with Gasteiger partial charge < -0.3 is 39.8 Å². The van der Waals surface area contributed by atoms with Crippen molar-refractivity contribution in [3.8, 4) is 17.0 Å². The number of anilines is 5. The summed E-state index contributed by atoms with van der Waals surface area (Å²) in [5.74, 6) is 1.19. The number of nitrogens with zero attached hydrogens (tertiary/aromatic N) is 6. The van der Waals surface area contributed by atoms with Crippen LogP contribution in [0.15, 0.2) is 48.8 Å². The Kier molecular flexibility index (Phi) is 6.88. The molecule has 0 aliphatic carbocycles. The number of aromatic nitrogens is 3. The molecule has 0 amide bonds. The van der Waals surface area contributed by atoms with E-state index in [9.17, 15) is 0 Å². The van der Waals surface area contributed by atoms with Gasteiger partial charge in [-0.3, -0.25) is 0 Å². The minimum atomic E-state index is 0.486. The Labute approximate surface area is 228 Å². The van der Waals surface area contributed by atoms with Gasteiger partial charge in [-0.1, -0.05) is 18.2 Å². The number of aryl methyl sites for hydroxylation is 1. The summed E-state index contributed by atoms with van der Waals surface area (Å²) >= 11 is 0. The minimum absolute atomic E-state index is 0.486. The largest absolute Gasteiger partial charge is 0.494 e. The van der Waals surface area contributed by atoms with Gasteiger partial charge in [-0.25, -0.2) is 9.97 Å². The first-order chi connectivity index (χ1) is 19.0. The molecule has 0 radical (unpaired) electrons. The van der Waals surface area contributed by atoms with Gasteiger partial charge in [0.1, 0.15) is 11.4 Å². The molecule has 0 spiro atoms. The first-order valence-electron chi connectivity index (χ1n) is 13.4. The van der Waals surface area contributed by atoms with Crippen LogP contribution in [0.3, 0.4) is 0 Å². The molecule has 10 heteroatoms. The molecule has 2 aliphatic rings. The summed E-state index contributed by atoms with van der Waals surface area (Å²) in [7, 11) is 5.88. The second-order valence-corrected chi connectivity index (χ2v) is 10.2. The zero-order valence-corrected chi connectivity index (χ0v) is 22.9. The number of rotatable bonds is 6. The lowest BCUT2D eigenvalue weighted by atomic mass is 10.1. The minimum Gasteiger partial charge on any atom is -0.494 e. The fraction of sp³-hybridized carbons (Fsp3) is 0.379. The SMILES string of the molecule is COc1cc(N2CCN(C)CC2)c(N)cc1Nc1ncc(N2CCOCC2)c(-c2cn(C)c3ccccc23)n1. The maximum atomic E-state index is 6.56. The molecule has 0 bridgehead atoms. The third kappa shape index (κ3) is 4.93. The highest BCUT2D eigenvalue weighted by molar-refractivity contribution is 5.98. The van der Waals surface area contributed by atoms with Crippen LogP contribution in [0.1, 0.15) is 0 Å². The highest BCUT2D eigenvalue weighted by Crippen LogP contribution is 2.39. The number of hydrogen-bond acceptors (Lipinski definition) is 9. The van der Waals surface area contributed by atoms with Gasteiger partial charge in [0.2, 0.25) is 5.95 Å². The van der Waals surface area contributed by atoms with Crippen molar-refractivity contribution >= 4 is 39.6 Å². The second-order valence-electron chi connectivity index (χ2n) is 10.2. The Morgan fingerprint density at radius 1 is 0.949 bits per heavy atom. The third-order valence-electron chi connectivity index (χ3n) is 7.71. The van der Waals surface area contributed by atoms with Crippen molar-refractivity contribution < 1.29 is 9.47 Å². The zero-order valence-electron chi connectivity index (χ0n) is 22.9. The van der Waals surface area contributed by atoms with E-state index in [2.05, 4.69) is 69.1 Å². The van der Waals surface area contributed by atoms with Crippen molar-refractivity contribution in [2.24, 2.45) is 7.05 Å². The molecule has 10 nitrogen and oxygen atoms in total. The normalized spacial score (nSPS) is 16.6. The van der Waals surface area contributed by atoms with E-state index in [-0.39, 0.29) is 0 Å². The van der Waals surface area contributed by atoms with Gasteiger partial charge in [-0.05, 0) is 19.2 Å². The van der Waals surface area contributed by atoms with Gasteiger partial charge in [-0.15, -0.1) is 0 Å². The molecule has 0 saturated carbocycles. The number of methoxy groups -OCH3 is 1. The number of morpholine rings is 1. The van der Waals surface area contributed by atoms with Crippen LogP contribution < -0.4 is 25.6 Å². The van der Waals surface area contributed by atoms with E-state index in [1.807, 2.05) is 18.3 Å².